The Morgan fingerprint density at radius 2 is 2.07 bits per heavy atom. The zero-order valence-corrected chi connectivity index (χ0v) is 7.52. The van der Waals surface area contributed by atoms with E-state index in [-0.39, 0.29) is 18.1 Å². The van der Waals surface area contributed by atoms with Crippen molar-refractivity contribution in [2.75, 3.05) is 6.54 Å². The topological polar surface area (TPSA) is 84.6 Å². The second-order valence-electron chi connectivity index (χ2n) is 2.80. The molecule has 0 unspecified atom stereocenters. The van der Waals surface area contributed by atoms with Crippen LogP contribution in [0.4, 0.5) is 4.39 Å². The second kappa shape index (κ2) is 4.57. The summed E-state index contributed by atoms with van der Waals surface area (Å²) in [7, 11) is 0. The fourth-order valence-electron chi connectivity index (χ4n) is 1.04. The van der Waals surface area contributed by atoms with Crippen molar-refractivity contribution in [1.82, 2.24) is 0 Å². The number of nitrogens with zero attached hydrogens (tertiary/aromatic N) is 1. The van der Waals surface area contributed by atoms with E-state index < -0.39 is 11.9 Å². The first-order valence-electron chi connectivity index (χ1n) is 4.09. The lowest BCUT2D eigenvalue weighted by Crippen LogP contribution is -2.23. The van der Waals surface area contributed by atoms with E-state index in [9.17, 15) is 9.50 Å². The van der Waals surface area contributed by atoms with E-state index in [2.05, 4.69) is 4.99 Å². The van der Waals surface area contributed by atoms with Crippen molar-refractivity contribution in [3.63, 3.8) is 0 Å². The van der Waals surface area contributed by atoms with E-state index in [1.54, 1.807) is 12.1 Å². The van der Waals surface area contributed by atoms with Gasteiger partial charge in [-0.15, -0.1) is 0 Å². The molecule has 0 aliphatic carbocycles. The zero-order valence-electron chi connectivity index (χ0n) is 7.52. The highest BCUT2D eigenvalue weighted by Gasteiger charge is 2.10. The van der Waals surface area contributed by atoms with Crippen molar-refractivity contribution in [1.29, 1.82) is 0 Å². The first-order chi connectivity index (χ1) is 6.61. The molecule has 1 aromatic carbocycles. The summed E-state index contributed by atoms with van der Waals surface area (Å²) >= 11 is 0. The minimum Gasteiger partial charge on any atom is -0.386 e. The predicted octanol–water partition coefficient (Wildman–Crippen LogP) is 0.133. The van der Waals surface area contributed by atoms with Gasteiger partial charge in [0.1, 0.15) is 11.9 Å². The van der Waals surface area contributed by atoms with E-state index in [0.717, 1.165) is 0 Å². The molecule has 0 aromatic heterocycles. The Hall–Kier alpha value is -1.62. The molecule has 5 heteroatoms. The van der Waals surface area contributed by atoms with Crippen LogP contribution in [0.5, 0.6) is 0 Å². The summed E-state index contributed by atoms with van der Waals surface area (Å²) in [4.78, 5) is 3.60. The maximum absolute atomic E-state index is 13.1. The molecular formula is C9H12FN3O. The maximum Gasteiger partial charge on any atom is 0.186 e. The molecule has 0 amide bonds. The Morgan fingerprint density at radius 1 is 1.43 bits per heavy atom. The molecule has 1 aromatic rings. The second-order valence-corrected chi connectivity index (χ2v) is 2.80. The van der Waals surface area contributed by atoms with Gasteiger partial charge in [0.05, 0.1) is 6.54 Å². The third-order valence-corrected chi connectivity index (χ3v) is 1.71. The quantitative estimate of drug-likeness (QED) is 0.475. The van der Waals surface area contributed by atoms with Gasteiger partial charge in [0.25, 0.3) is 0 Å². The third-order valence-electron chi connectivity index (χ3n) is 1.71. The van der Waals surface area contributed by atoms with Gasteiger partial charge in [0.2, 0.25) is 0 Å². The third kappa shape index (κ3) is 2.70. The first kappa shape index (κ1) is 10.5. The van der Waals surface area contributed by atoms with E-state index in [1.165, 1.54) is 12.1 Å². The summed E-state index contributed by atoms with van der Waals surface area (Å²) in [6.45, 7) is -0.0384. The summed E-state index contributed by atoms with van der Waals surface area (Å²) in [5, 5.41) is 9.49. The van der Waals surface area contributed by atoms with Crippen molar-refractivity contribution in [3.8, 4) is 0 Å². The molecule has 0 heterocycles. The molecular weight excluding hydrogens is 185 g/mol. The van der Waals surface area contributed by atoms with Gasteiger partial charge in [-0.2, -0.15) is 0 Å². The van der Waals surface area contributed by atoms with Crippen LogP contribution in [-0.4, -0.2) is 17.6 Å². The van der Waals surface area contributed by atoms with Gasteiger partial charge < -0.3 is 16.6 Å². The van der Waals surface area contributed by atoms with Crippen LogP contribution in [0.2, 0.25) is 0 Å². The van der Waals surface area contributed by atoms with Gasteiger partial charge in [0, 0.05) is 5.56 Å². The fraction of sp³-hybridized carbons (Fsp3) is 0.222. The SMILES string of the molecule is NC(N)=NC[C@@H](O)c1ccccc1F. The van der Waals surface area contributed by atoms with E-state index in [0.29, 0.717) is 0 Å². The Kier molecular flexibility index (Phi) is 3.41. The van der Waals surface area contributed by atoms with Crippen molar-refractivity contribution in [2.45, 2.75) is 6.10 Å². The number of rotatable bonds is 3. The van der Waals surface area contributed by atoms with Gasteiger partial charge in [-0.1, -0.05) is 18.2 Å². The Morgan fingerprint density at radius 3 is 2.64 bits per heavy atom. The van der Waals surface area contributed by atoms with E-state index in [4.69, 9.17) is 11.5 Å². The van der Waals surface area contributed by atoms with Crippen LogP contribution in [0.15, 0.2) is 29.3 Å². The van der Waals surface area contributed by atoms with E-state index >= 15 is 0 Å². The number of guanidine groups is 1. The van der Waals surface area contributed by atoms with Gasteiger partial charge in [-0.3, -0.25) is 4.99 Å². The highest BCUT2D eigenvalue weighted by Crippen LogP contribution is 2.16. The average molecular weight is 197 g/mol. The summed E-state index contributed by atoms with van der Waals surface area (Å²) in [5.74, 6) is -0.591. The van der Waals surface area contributed by atoms with Gasteiger partial charge in [0.15, 0.2) is 5.96 Å². The monoisotopic (exact) mass is 197 g/mol. The molecule has 14 heavy (non-hydrogen) atoms. The molecule has 0 spiro atoms. The van der Waals surface area contributed by atoms with Crippen molar-refractivity contribution >= 4 is 5.96 Å². The van der Waals surface area contributed by atoms with E-state index in [1.807, 2.05) is 0 Å². The van der Waals surface area contributed by atoms with Crippen LogP contribution in [0.1, 0.15) is 11.7 Å². The molecule has 0 saturated heterocycles. The Bertz CT molecular complexity index is 337. The molecule has 0 fully saturated rings. The number of aliphatic hydroxyl groups is 1. The normalized spacial score (nSPS) is 12.1. The van der Waals surface area contributed by atoms with Crippen molar-refractivity contribution < 1.29 is 9.50 Å². The number of nitrogens with two attached hydrogens (primary N) is 2. The fourth-order valence-corrected chi connectivity index (χ4v) is 1.04. The largest absolute Gasteiger partial charge is 0.386 e. The number of aliphatic imine (C=N–C) groups is 1. The number of hydrogen-bond donors (Lipinski definition) is 3. The molecule has 0 aliphatic rings. The lowest BCUT2D eigenvalue weighted by molar-refractivity contribution is 0.182. The maximum atomic E-state index is 13.1. The summed E-state index contributed by atoms with van der Waals surface area (Å²) in [6, 6.07) is 5.94. The number of hydrogen-bond acceptors (Lipinski definition) is 2. The summed E-state index contributed by atoms with van der Waals surface area (Å²) in [6.07, 6.45) is -1.02. The standard InChI is InChI=1S/C9H12FN3O/c10-7-4-2-1-3-6(7)8(14)5-13-9(11)12/h1-4,8,14H,5H2,(H4,11,12,13)/t8-/m1/s1. The molecule has 1 rings (SSSR count). The molecule has 5 N–H and O–H groups in total. The molecule has 76 valence electrons. The molecule has 0 saturated carbocycles. The number of halogens is 1. The van der Waals surface area contributed by atoms with Crippen LogP contribution in [0.25, 0.3) is 0 Å². The molecule has 0 bridgehead atoms. The number of benzene rings is 1. The Labute approximate surface area is 81.1 Å². The summed E-state index contributed by atoms with van der Waals surface area (Å²) < 4.78 is 13.1. The van der Waals surface area contributed by atoms with Crippen molar-refractivity contribution in [3.05, 3.63) is 35.6 Å². The molecule has 1 atom stereocenters. The van der Waals surface area contributed by atoms with Crippen LogP contribution in [0, 0.1) is 5.82 Å². The first-order valence-corrected chi connectivity index (χ1v) is 4.09. The lowest BCUT2D eigenvalue weighted by Gasteiger charge is -2.08. The minimum atomic E-state index is -1.02. The van der Waals surface area contributed by atoms with Gasteiger partial charge >= 0.3 is 0 Å². The van der Waals surface area contributed by atoms with Crippen LogP contribution in [0.3, 0.4) is 0 Å². The van der Waals surface area contributed by atoms with Crippen molar-refractivity contribution in [2.24, 2.45) is 16.5 Å². The van der Waals surface area contributed by atoms with Crippen LogP contribution in [-0.2, 0) is 0 Å². The van der Waals surface area contributed by atoms with Crippen LogP contribution < -0.4 is 11.5 Å². The lowest BCUT2D eigenvalue weighted by atomic mass is 10.1. The average Bonchev–Trinajstić information content (AvgIpc) is 2.15. The number of aliphatic hydroxyl groups excluding tert-OH is 1. The Balaban J connectivity index is 2.74. The van der Waals surface area contributed by atoms with Gasteiger partial charge in [-0.25, -0.2) is 4.39 Å². The minimum absolute atomic E-state index is 0.0384. The smallest absolute Gasteiger partial charge is 0.186 e. The summed E-state index contributed by atoms with van der Waals surface area (Å²) in [5.41, 5.74) is 10.4. The van der Waals surface area contributed by atoms with Gasteiger partial charge in [-0.05, 0) is 6.07 Å². The molecule has 0 aliphatic heterocycles. The van der Waals surface area contributed by atoms with Crippen LogP contribution >= 0.6 is 0 Å². The molecule has 0 radical (unpaired) electrons. The predicted molar refractivity (Wildman–Crippen MR) is 52.0 cm³/mol. The molecule has 4 nitrogen and oxygen atoms in total. The zero-order chi connectivity index (χ0) is 10.6. The highest BCUT2D eigenvalue weighted by molar-refractivity contribution is 5.75. The highest BCUT2D eigenvalue weighted by atomic mass is 19.1.